The topological polar surface area (TPSA) is 58.6 Å². The van der Waals surface area contributed by atoms with Crippen molar-refractivity contribution in [2.75, 3.05) is 32.1 Å². The molecular weight excluding hydrogens is 304 g/mol. The molecule has 0 bridgehead atoms. The van der Waals surface area contributed by atoms with Crippen molar-refractivity contribution in [1.82, 2.24) is 14.9 Å². The van der Waals surface area contributed by atoms with E-state index in [-0.39, 0.29) is 11.9 Å². The first-order chi connectivity index (χ1) is 11.7. The molecular formula is C18H22N4O2. The average Bonchev–Trinajstić information content (AvgIpc) is 2.67. The fraction of sp³-hybridized carbons (Fsp3) is 0.389. The van der Waals surface area contributed by atoms with Crippen LogP contribution in [0.5, 0.6) is 5.88 Å². The Morgan fingerprint density at radius 1 is 1.25 bits per heavy atom. The molecule has 1 atom stereocenters. The lowest BCUT2D eigenvalue weighted by Crippen LogP contribution is -2.49. The summed E-state index contributed by atoms with van der Waals surface area (Å²) < 4.78 is 5.22. The molecule has 3 heterocycles. The number of carbonyl (C=O) groups is 1. The van der Waals surface area contributed by atoms with Crippen molar-refractivity contribution < 1.29 is 9.53 Å². The van der Waals surface area contributed by atoms with Crippen molar-refractivity contribution in [2.24, 2.45) is 0 Å². The smallest absolute Gasteiger partial charge is 0.259 e. The summed E-state index contributed by atoms with van der Waals surface area (Å²) >= 11 is 0. The zero-order chi connectivity index (χ0) is 16.9. The third-order valence-corrected chi connectivity index (χ3v) is 4.43. The fourth-order valence-corrected chi connectivity index (χ4v) is 3.09. The van der Waals surface area contributed by atoms with Crippen LogP contribution in [-0.4, -0.2) is 54.1 Å². The first-order valence-corrected chi connectivity index (χ1v) is 8.13. The lowest BCUT2D eigenvalue weighted by Gasteiger charge is -2.38. The molecule has 0 radical (unpaired) electrons. The number of rotatable bonds is 4. The van der Waals surface area contributed by atoms with Gasteiger partial charge in [0.05, 0.1) is 7.11 Å². The average molecular weight is 326 g/mol. The van der Waals surface area contributed by atoms with E-state index in [1.807, 2.05) is 25.2 Å². The molecule has 1 fully saturated rings. The molecule has 126 valence electrons. The Morgan fingerprint density at radius 2 is 2.08 bits per heavy atom. The first kappa shape index (κ1) is 16.2. The molecule has 24 heavy (non-hydrogen) atoms. The van der Waals surface area contributed by atoms with Gasteiger partial charge in [0, 0.05) is 38.6 Å². The van der Waals surface area contributed by atoms with Gasteiger partial charge in [-0.2, -0.15) is 0 Å². The molecule has 2 aromatic heterocycles. The first-order valence-electron chi connectivity index (χ1n) is 8.13. The summed E-state index contributed by atoms with van der Waals surface area (Å²) in [4.78, 5) is 25.4. The Hall–Kier alpha value is -2.63. The number of aromatic nitrogens is 2. The number of nitrogens with zero attached hydrogens (tertiary/aromatic N) is 4. The number of piperidine rings is 1. The molecule has 2 aromatic rings. The summed E-state index contributed by atoms with van der Waals surface area (Å²) in [6.07, 6.45) is 5.44. The van der Waals surface area contributed by atoms with Crippen LogP contribution in [0.2, 0.25) is 0 Å². The van der Waals surface area contributed by atoms with Gasteiger partial charge in [-0.1, -0.05) is 6.07 Å². The van der Waals surface area contributed by atoms with E-state index >= 15 is 0 Å². The third-order valence-electron chi connectivity index (χ3n) is 4.43. The lowest BCUT2D eigenvalue weighted by atomic mass is 10.0. The zero-order valence-corrected chi connectivity index (χ0v) is 14.1. The predicted octanol–water partition coefficient (Wildman–Crippen LogP) is 2.23. The van der Waals surface area contributed by atoms with Gasteiger partial charge in [-0.25, -0.2) is 9.97 Å². The number of likely N-dealkylation sites (N-methyl/N-ethyl adjacent to an activating group) is 1. The second-order valence-corrected chi connectivity index (χ2v) is 5.91. The molecule has 1 aliphatic rings. The maximum Gasteiger partial charge on any atom is 0.259 e. The molecule has 6 nitrogen and oxygen atoms in total. The monoisotopic (exact) mass is 326 g/mol. The molecule has 1 amide bonds. The van der Waals surface area contributed by atoms with Crippen LogP contribution in [0.25, 0.3) is 0 Å². The molecule has 6 heteroatoms. The number of carbonyl (C=O) groups excluding carboxylic acids is 1. The number of pyridine rings is 2. The van der Waals surface area contributed by atoms with Gasteiger partial charge >= 0.3 is 0 Å². The van der Waals surface area contributed by atoms with E-state index in [1.54, 1.807) is 29.4 Å². The Labute approximate surface area is 142 Å². The number of ether oxygens (including phenoxy) is 1. The van der Waals surface area contributed by atoms with E-state index in [0.717, 1.165) is 31.7 Å². The molecule has 0 N–H and O–H groups in total. The number of hydrogen-bond acceptors (Lipinski definition) is 5. The van der Waals surface area contributed by atoms with Gasteiger partial charge in [-0.3, -0.25) is 4.79 Å². The van der Waals surface area contributed by atoms with E-state index in [2.05, 4.69) is 14.9 Å². The summed E-state index contributed by atoms with van der Waals surface area (Å²) in [6.45, 7) is 1.74. The Morgan fingerprint density at radius 3 is 2.83 bits per heavy atom. The van der Waals surface area contributed by atoms with E-state index < -0.39 is 0 Å². The highest BCUT2D eigenvalue weighted by molar-refractivity contribution is 5.96. The van der Waals surface area contributed by atoms with Crippen LogP contribution in [-0.2, 0) is 0 Å². The highest BCUT2D eigenvalue weighted by atomic mass is 16.5. The molecule has 0 unspecified atom stereocenters. The van der Waals surface area contributed by atoms with Crippen LogP contribution < -0.4 is 9.64 Å². The summed E-state index contributed by atoms with van der Waals surface area (Å²) in [5.74, 6) is 1.27. The minimum atomic E-state index is -0.0622. The van der Waals surface area contributed by atoms with Gasteiger partial charge in [0.2, 0.25) is 5.88 Å². The van der Waals surface area contributed by atoms with Crippen LogP contribution in [0.3, 0.4) is 0 Å². The van der Waals surface area contributed by atoms with E-state index in [4.69, 9.17) is 4.74 Å². The number of amides is 1. The van der Waals surface area contributed by atoms with Gasteiger partial charge < -0.3 is 14.5 Å². The Kier molecular flexibility index (Phi) is 4.93. The summed E-state index contributed by atoms with van der Waals surface area (Å²) in [5, 5.41) is 0. The zero-order valence-electron chi connectivity index (χ0n) is 14.1. The Bertz CT molecular complexity index is 692. The summed E-state index contributed by atoms with van der Waals surface area (Å²) in [5.41, 5.74) is 0.498. The summed E-state index contributed by atoms with van der Waals surface area (Å²) in [6, 6.07) is 9.55. The van der Waals surface area contributed by atoms with E-state index in [0.29, 0.717) is 11.4 Å². The van der Waals surface area contributed by atoms with Gasteiger partial charge in [-0.05, 0) is 37.1 Å². The van der Waals surface area contributed by atoms with Gasteiger partial charge in [0.15, 0.2) is 0 Å². The molecule has 0 aromatic carbocycles. The van der Waals surface area contributed by atoms with Crippen LogP contribution in [0.1, 0.15) is 23.2 Å². The Balaban J connectivity index is 1.74. The van der Waals surface area contributed by atoms with Crippen molar-refractivity contribution in [1.29, 1.82) is 0 Å². The maximum atomic E-state index is 12.8. The van der Waals surface area contributed by atoms with Crippen molar-refractivity contribution in [3.8, 4) is 5.88 Å². The third kappa shape index (κ3) is 3.32. The predicted molar refractivity (Wildman–Crippen MR) is 92.4 cm³/mol. The van der Waals surface area contributed by atoms with E-state index in [1.165, 1.54) is 7.11 Å². The van der Waals surface area contributed by atoms with Crippen molar-refractivity contribution in [2.45, 2.75) is 18.9 Å². The fourth-order valence-electron chi connectivity index (χ4n) is 3.09. The van der Waals surface area contributed by atoms with Gasteiger partial charge in [-0.15, -0.1) is 0 Å². The minimum Gasteiger partial charge on any atom is -0.480 e. The summed E-state index contributed by atoms with van der Waals surface area (Å²) in [7, 11) is 3.38. The van der Waals surface area contributed by atoms with Crippen LogP contribution in [0, 0.1) is 0 Å². The van der Waals surface area contributed by atoms with Crippen molar-refractivity contribution >= 4 is 11.7 Å². The maximum absolute atomic E-state index is 12.8. The van der Waals surface area contributed by atoms with Crippen molar-refractivity contribution in [3.63, 3.8) is 0 Å². The van der Waals surface area contributed by atoms with Crippen LogP contribution in [0.4, 0.5) is 5.82 Å². The highest BCUT2D eigenvalue weighted by Gasteiger charge is 2.28. The molecule has 1 aliphatic heterocycles. The quantitative estimate of drug-likeness (QED) is 0.862. The number of anilines is 1. The van der Waals surface area contributed by atoms with Crippen LogP contribution in [0.15, 0.2) is 42.7 Å². The van der Waals surface area contributed by atoms with E-state index in [9.17, 15) is 4.79 Å². The van der Waals surface area contributed by atoms with Gasteiger partial charge in [0.1, 0.15) is 11.4 Å². The molecule has 0 saturated carbocycles. The van der Waals surface area contributed by atoms with Gasteiger partial charge in [0.25, 0.3) is 5.91 Å². The van der Waals surface area contributed by atoms with Crippen LogP contribution >= 0.6 is 0 Å². The molecule has 1 saturated heterocycles. The number of hydrogen-bond donors (Lipinski definition) is 0. The minimum absolute atomic E-state index is 0.0622. The second-order valence-electron chi connectivity index (χ2n) is 5.91. The highest BCUT2D eigenvalue weighted by Crippen LogP contribution is 2.23. The molecule has 0 aliphatic carbocycles. The standard InChI is InChI=1S/C18H22N4O2/c1-21(18(23)15-8-5-11-20-17(15)24-2)14-7-6-12-22(13-14)16-9-3-4-10-19-16/h3-5,8-11,14H,6-7,12-13H2,1-2H3/t14-/m0/s1. The normalized spacial score (nSPS) is 17.4. The SMILES string of the molecule is COc1ncccc1C(=O)N(C)[C@H]1CCCN(c2ccccn2)C1. The molecule has 0 spiro atoms. The lowest BCUT2D eigenvalue weighted by molar-refractivity contribution is 0.0713. The second kappa shape index (κ2) is 7.29. The van der Waals surface area contributed by atoms with Crippen molar-refractivity contribution in [3.05, 3.63) is 48.3 Å². The molecule has 3 rings (SSSR count). The largest absolute Gasteiger partial charge is 0.480 e. The number of methoxy groups -OCH3 is 1.